The molecule has 0 radical (unpaired) electrons. The standard InChI is InChI=1S/C25H26N2O4S/c1-18-9-10-21(26-24(28)25(15-6-16-25)19-7-4-3-5-8-19)17-23(18)32(29,30)27-20-11-13-22(31-2)14-12-20/h3-5,7-14,17,27H,6,15-16H2,1-2H3,(H,26,28). The van der Waals surface area contributed by atoms with E-state index >= 15 is 0 Å². The van der Waals surface area contributed by atoms with Crippen LogP contribution in [0.15, 0.2) is 77.7 Å². The van der Waals surface area contributed by atoms with E-state index < -0.39 is 15.4 Å². The zero-order chi connectivity index (χ0) is 22.8. The summed E-state index contributed by atoms with van der Waals surface area (Å²) in [4.78, 5) is 13.3. The number of carbonyl (C=O) groups excluding carboxylic acids is 1. The van der Waals surface area contributed by atoms with Crippen LogP contribution in [0.3, 0.4) is 0 Å². The second kappa shape index (κ2) is 8.67. The number of sulfonamides is 1. The lowest BCUT2D eigenvalue weighted by Gasteiger charge is -2.40. The third-order valence-corrected chi connectivity index (χ3v) is 7.57. The minimum atomic E-state index is -3.84. The van der Waals surface area contributed by atoms with Crippen LogP contribution in [0.1, 0.15) is 30.4 Å². The predicted molar refractivity (Wildman–Crippen MR) is 126 cm³/mol. The molecule has 1 amide bonds. The van der Waals surface area contributed by atoms with Crippen LogP contribution in [0.25, 0.3) is 0 Å². The van der Waals surface area contributed by atoms with E-state index in [0.29, 0.717) is 22.7 Å². The molecule has 1 saturated carbocycles. The maximum absolute atomic E-state index is 13.2. The summed E-state index contributed by atoms with van der Waals surface area (Å²) in [7, 11) is -2.29. The second-order valence-electron chi connectivity index (χ2n) is 8.07. The summed E-state index contributed by atoms with van der Waals surface area (Å²) in [6.45, 7) is 1.73. The minimum absolute atomic E-state index is 0.106. The van der Waals surface area contributed by atoms with Crippen LogP contribution < -0.4 is 14.8 Å². The SMILES string of the molecule is COc1ccc(NS(=O)(=O)c2cc(NC(=O)C3(c4ccccc4)CCC3)ccc2C)cc1. The topological polar surface area (TPSA) is 84.5 Å². The van der Waals surface area contributed by atoms with Crippen LogP contribution in [0, 0.1) is 6.92 Å². The van der Waals surface area contributed by atoms with Crippen LogP contribution in [-0.4, -0.2) is 21.4 Å². The van der Waals surface area contributed by atoms with Crippen molar-refractivity contribution in [3.63, 3.8) is 0 Å². The number of methoxy groups -OCH3 is 1. The van der Waals surface area contributed by atoms with Gasteiger partial charge in [0.2, 0.25) is 5.91 Å². The number of amides is 1. The Morgan fingerprint density at radius 1 is 0.938 bits per heavy atom. The zero-order valence-electron chi connectivity index (χ0n) is 18.1. The van der Waals surface area contributed by atoms with Gasteiger partial charge >= 0.3 is 0 Å². The first-order valence-electron chi connectivity index (χ1n) is 10.5. The van der Waals surface area contributed by atoms with Crippen molar-refractivity contribution in [3.05, 3.63) is 83.9 Å². The van der Waals surface area contributed by atoms with Gasteiger partial charge in [-0.15, -0.1) is 0 Å². The van der Waals surface area contributed by atoms with Crippen LogP contribution >= 0.6 is 0 Å². The Kier molecular flexibility index (Phi) is 5.93. The summed E-state index contributed by atoms with van der Waals surface area (Å²) < 4.78 is 33.8. The van der Waals surface area contributed by atoms with Gasteiger partial charge in [-0.05, 0) is 67.3 Å². The molecule has 0 atom stereocenters. The molecule has 2 N–H and O–H groups in total. The highest BCUT2D eigenvalue weighted by atomic mass is 32.2. The third kappa shape index (κ3) is 4.21. The van der Waals surface area contributed by atoms with Gasteiger partial charge in [-0.1, -0.05) is 42.8 Å². The molecule has 4 rings (SSSR count). The Hall–Kier alpha value is -3.32. The van der Waals surface area contributed by atoms with E-state index in [1.54, 1.807) is 50.4 Å². The molecular weight excluding hydrogens is 424 g/mol. The maximum atomic E-state index is 13.2. The first-order valence-corrected chi connectivity index (χ1v) is 12.0. The molecule has 166 valence electrons. The monoisotopic (exact) mass is 450 g/mol. The smallest absolute Gasteiger partial charge is 0.262 e. The fourth-order valence-electron chi connectivity index (χ4n) is 4.02. The van der Waals surface area contributed by atoms with Crippen LogP contribution in [0.4, 0.5) is 11.4 Å². The first kappa shape index (κ1) is 21.9. The van der Waals surface area contributed by atoms with Crippen molar-refractivity contribution < 1.29 is 17.9 Å². The first-order chi connectivity index (χ1) is 15.3. The van der Waals surface area contributed by atoms with E-state index in [1.807, 2.05) is 30.3 Å². The molecule has 0 unspecified atom stereocenters. The highest BCUT2D eigenvalue weighted by molar-refractivity contribution is 7.92. The molecule has 1 fully saturated rings. The molecule has 7 heteroatoms. The number of anilines is 2. The molecule has 3 aromatic carbocycles. The minimum Gasteiger partial charge on any atom is -0.497 e. The summed E-state index contributed by atoms with van der Waals surface area (Å²) in [5.41, 5.74) is 1.90. The lowest BCUT2D eigenvalue weighted by molar-refractivity contribution is -0.124. The third-order valence-electron chi connectivity index (χ3n) is 6.05. The highest BCUT2D eigenvalue weighted by Crippen LogP contribution is 2.44. The Morgan fingerprint density at radius 3 is 2.19 bits per heavy atom. The van der Waals surface area contributed by atoms with Gasteiger partial charge < -0.3 is 10.1 Å². The maximum Gasteiger partial charge on any atom is 0.262 e. The van der Waals surface area contributed by atoms with Crippen LogP contribution in [0.2, 0.25) is 0 Å². The van der Waals surface area contributed by atoms with Gasteiger partial charge in [-0.2, -0.15) is 0 Å². The molecule has 0 aliphatic heterocycles. The van der Waals surface area contributed by atoms with Gasteiger partial charge in [-0.3, -0.25) is 9.52 Å². The number of hydrogen-bond acceptors (Lipinski definition) is 4. The number of hydrogen-bond donors (Lipinski definition) is 2. The number of aryl methyl sites for hydroxylation is 1. The summed E-state index contributed by atoms with van der Waals surface area (Å²) in [6, 6.07) is 21.3. The molecule has 0 aromatic heterocycles. The van der Waals surface area contributed by atoms with Crippen molar-refractivity contribution >= 4 is 27.3 Å². The van der Waals surface area contributed by atoms with Crippen molar-refractivity contribution in [3.8, 4) is 5.75 Å². The molecule has 0 heterocycles. The lowest BCUT2D eigenvalue weighted by atomic mass is 9.64. The summed E-state index contributed by atoms with van der Waals surface area (Å²) >= 11 is 0. The summed E-state index contributed by atoms with van der Waals surface area (Å²) in [5, 5.41) is 2.95. The van der Waals surface area contributed by atoms with Crippen LogP contribution in [0.5, 0.6) is 5.75 Å². The molecule has 32 heavy (non-hydrogen) atoms. The van der Waals surface area contributed by atoms with E-state index in [9.17, 15) is 13.2 Å². The number of nitrogens with one attached hydrogen (secondary N) is 2. The molecule has 0 saturated heterocycles. The van der Waals surface area contributed by atoms with Gasteiger partial charge in [-0.25, -0.2) is 8.42 Å². The van der Waals surface area contributed by atoms with Crippen molar-refractivity contribution in [2.24, 2.45) is 0 Å². The Labute approximate surface area is 188 Å². The van der Waals surface area contributed by atoms with Crippen molar-refractivity contribution in [1.29, 1.82) is 0 Å². The van der Waals surface area contributed by atoms with E-state index in [1.165, 1.54) is 6.07 Å². The number of ether oxygens (including phenoxy) is 1. The molecule has 1 aliphatic rings. The van der Waals surface area contributed by atoms with Gasteiger partial charge in [0, 0.05) is 11.4 Å². The number of benzene rings is 3. The van der Waals surface area contributed by atoms with Crippen LogP contribution in [-0.2, 0) is 20.2 Å². The summed E-state index contributed by atoms with van der Waals surface area (Å²) in [5.74, 6) is 0.530. The van der Waals surface area contributed by atoms with Crippen molar-refractivity contribution in [2.75, 3.05) is 17.1 Å². The van der Waals surface area contributed by atoms with Gasteiger partial charge in [0.25, 0.3) is 10.0 Å². The fourth-order valence-corrected chi connectivity index (χ4v) is 5.35. The Bertz CT molecular complexity index is 1220. The van der Waals surface area contributed by atoms with E-state index in [4.69, 9.17) is 4.74 Å². The highest BCUT2D eigenvalue weighted by Gasteiger charge is 2.45. The second-order valence-corrected chi connectivity index (χ2v) is 9.72. The molecule has 0 spiro atoms. The molecular formula is C25H26N2O4S. The molecule has 0 bridgehead atoms. The zero-order valence-corrected chi connectivity index (χ0v) is 18.9. The summed E-state index contributed by atoms with van der Waals surface area (Å²) in [6.07, 6.45) is 2.54. The molecule has 3 aromatic rings. The predicted octanol–water partition coefficient (Wildman–Crippen LogP) is 4.86. The average Bonchev–Trinajstić information content (AvgIpc) is 2.75. The van der Waals surface area contributed by atoms with Gasteiger partial charge in [0.1, 0.15) is 5.75 Å². The van der Waals surface area contributed by atoms with Gasteiger partial charge in [0.15, 0.2) is 0 Å². The fraction of sp³-hybridized carbons (Fsp3) is 0.240. The normalized spacial score (nSPS) is 14.8. The number of rotatable bonds is 7. The quantitative estimate of drug-likeness (QED) is 0.538. The van der Waals surface area contributed by atoms with Crippen molar-refractivity contribution in [2.45, 2.75) is 36.5 Å². The average molecular weight is 451 g/mol. The lowest BCUT2D eigenvalue weighted by Crippen LogP contribution is -2.46. The molecule has 6 nitrogen and oxygen atoms in total. The largest absolute Gasteiger partial charge is 0.497 e. The Balaban J connectivity index is 1.57. The van der Waals surface area contributed by atoms with E-state index in [-0.39, 0.29) is 10.8 Å². The molecule has 1 aliphatic carbocycles. The van der Waals surface area contributed by atoms with Crippen molar-refractivity contribution in [1.82, 2.24) is 0 Å². The van der Waals surface area contributed by atoms with Gasteiger partial charge in [0.05, 0.1) is 17.4 Å². The Morgan fingerprint density at radius 2 is 1.59 bits per heavy atom. The van der Waals surface area contributed by atoms with E-state index in [2.05, 4.69) is 10.0 Å². The number of carbonyl (C=O) groups is 1. The van der Waals surface area contributed by atoms with E-state index in [0.717, 1.165) is 24.8 Å².